The Balaban J connectivity index is 1.90. The van der Waals surface area contributed by atoms with Gasteiger partial charge in [0.2, 0.25) is 0 Å². The Morgan fingerprint density at radius 2 is 1.65 bits per heavy atom. The number of hydrogen-bond acceptors (Lipinski definition) is 3. The third kappa shape index (κ3) is 3.03. The van der Waals surface area contributed by atoms with Gasteiger partial charge in [-0.15, -0.1) is 0 Å². The highest BCUT2D eigenvalue weighted by atomic mass is 35.5. The molecule has 0 radical (unpaired) electrons. The Hall–Kier alpha value is -1.36. The molecule has 0 atom stereocenters. The van der Waals surface area contributed by atoms with Crippen LogP contribution in [-0.2, 0) is 9.31 Å². The van der Waals surface area contributed by atoms with Crippen molar-refractivity contribution in [3.8, 4) is 11.1 Å². The molecule has 1 aromatic heterocycles. The fraction of sp³-hybridized carbons (Fsp3) is 0.389. The first-order chi connectivity index (χ1) is 10.7. The van der Waals surface area contributed by atoms with Gasteiger partial charge < -0.3 is 9.31 Å². The van der Waals surface area contributed by atoms with E-state index in [2.05, 4.69) is 57.8 Å². The Morgan fingerprint density at radius 3 is 2.17 bits per heavy atom. The summed E-state index contributed by atoms with van der Waals surface area (Å²) in [6.07, 6.45) is 1.79. The first-order valence-electron chi connectivity index (χ1n) is 7.78. The van der Waals surface area contributed by atoms with Gasteiger partial charge in [-0.1, -0.05) is 29.8 Å². The van der Waals surface area contributed by atoms with Crippen molar-refractivity contribution in [2.24, 2.45) is 0 Å². The van der Waals surface area contributed by atoms with Crippen molar-refractivity contribution in [2.45, 2.75) is 45.8 Å². The minimum Gasteiger partial charge on any atom is -0.399 e. The van der Waals surface area contributed by atoms with Gasteiger partial charge in [0.1, 0.15) is 5.15 Å². The normalized spacial score (nSPS) is 19.1. The second-order valence-electron chi connectivity index (χ2n) is 7.03. The van der Waals surface area contributed by atoms with Crippen molar-refractivity contribution in [3.63, 3.8) is 0 Å². The molecular formula is C18H21BClNO2. The smallest absolute Gasteiger partial charge is 0.399 e. The summed E-state index contributed by atoms with van der Waals surface area (Å²) < 4.78 is 12.2. The standard InChI is InChI=1S/C18H21BClNO2/c1-12-10-14(19-22-17(2,3)18(4,5)23-19)7-8-15(12)13-6-9-16(20)21-11-13/h6-11H,1-5H3. The number of halogens is 1. The summed E-state index contributed by atoms with van der Waals surface area (Å²) >= 11 is 5.86. The van der Waals surface area contributed by atoms with E-state index in [1.807, 2.05) is 6.07 Å². The van der Waals surface area contributed by atoms with Crippen molar-refractivity contribution in [1.29, 1.82) is 0 Å². The summed E-state index contributed by atoms with van der Waals surface area (Å²) in [5, 5.41) is 0.500. The van der Waals surface area contributed by atoms with Crippen LogP contribution in [0.25, 0.3) is 11.1 Å². The SMILES string of the molecule is Cc1cc(B2OC(C)(C)C(C)(C)O2)ccc1-c1ccc(Cl)nc1. The van der Waals surface area contributed by atoms with E-state index in [4.69, 9.17) is 20.9 Å². The second kappa shape index (κ2) is 5.62. The zero-order valence-corrected chi connectivity index (χ0v) is 14.9. The van der Waals surface area contributed by atoms with E-state index in [-0.39, 0.29) is 18.3 Å². The lowest BCUT2D eigenvalue weighted by molar-refractivity contribution is 0.00578. The van der Waals surface area contributed by atoms with Crippen molar-refractivity contribution < 1.29 is 9.31 Å². The zero-order valence-electron chi connectivity index (χ0n) is 14.2. The highest BCUT2D eigenvalue weighted by Crippen LogP contribution is 2.36. The summed E-state index contributed by atoms with van der Waals surface area (Å²) in [4.78, 5) is 4.15. The molecule has 0 saturated carbocycles. The third-order valence-electron chi connectivity index (χ3n) is 4.81. The molecule has 2 heterocycles. The van der Waals surface area contributed by atoms with Crippen LogP contribution in [0.1, 0.15) is 33.3 Å². The van der Waals surface area contributed by atoms with E-state index >= 15 is 0 Å². The van der Waals surface area contributed by atoms with E-state index < -0.39 is 0 Å². The van der Waals surface area contributed by atoms with Crippen LogP contribution in [0.2, 0.25) is 5.15 Å². The van der Waals surface area contributed by atoms with E-state index in [0.717, 1.165) is 22.2 Å². The number of hydrogen-bond donors (Lipinski definition) is 0. The zero-order chi connectivity index (χ0) is 16.8. The van der Waals surface area contributed by atoms with Gasteiger partial charge in [0, 0.05) is 11.8 Å². The molecular weight excluding hydrogens is 308 g/mol. The fourth-order valence-electron chi connectivity index (χ4n) is 2.67. The van der Waals surface area contributed by atoms with Crippen LogP contribution in [0.5, 0.6) is 0 Å². The molecule has 0 spiro atoms. The molecule has 1 aromatic carbocycles. The molecule has 1 aliphatic rings. The molecule has 1 aliphatic heterocycles. The Labute approximate surface area is 143 Å². The lowest BCUT2D eigenvalue weighted by atomic mass is 9.77. The number of rotatable bonds is 2. The molecule has 0 N–H and O–H groups in total. The average molecular weight is 330 g/mol. The summed E-state index contributed by atoms with van der Waals surface area (Å²) in [6, 6.07) is 10.0. The molecule has 3 nitrogen and oxygen atoms in total. The maximum Gasteiger partial charge on any atom is 0.494 e. The molecule has 120 valence electrons. The lowest BCUT2D eigenvalue weighted by Gasteiger charge is -2.32. The highest BCUT2D eigenvalue weighted by molar-refractivity contribution is 6.62. The largest absolute Gasteiger partial charge is 0.494 e. The average Bonchev–Trinajstić information content (AvgIpc) is 2.68. The van der Waals surface area contributed by atoms with Crippen molar-refractivity contribution in [1.82, 2.24) is 4.98 Å². The summed E-state index contributed by atoms with van der Waals surface area (Å²) in [6.45, 7) is 10.3. The quantitative estimate of drug-likeness (QED) is 0.616. The summed E-state index contributed by atoms with van der Waals surface area (Å²) in [5.74, 6) is 0. The first-order valence-corrected chi connectivity index (χ1v) is 8.15. The fourth-order valence-corrected chi connectivity index (χ4v) is 2.78. The van der Waals surface area contributed by atoms with E-state index in [0.29, 0.717) is 5.15 Å². The number of aryl methyl sites for hydroxylation is 1. The predicted octanol–water partition coefficient (Wildman–Crippen LogP) is 4.01. The minimum atomic E-state index is -0.337. The van der Waals surface area contributed by atoms with Crippen LogP contribution >= 0.6 is 11.6 Å². The van der Waals surface area contributed by atoms with Gasteiger partial charge in [-0.25, -0.2) is 4.98 Å². The van der Waals surface area contributed by atoms with Crippen LogP contribution < -0.4 is 5.46 Å². The van der Waals surface area contributed by atoms with E-state index in [9.17, 15) is 0 Å². The monoisotopic (exact) mass is 329 g/mol. The Bertz CT molecular complexity index is 712. The number of pyridine rings is 1. The topological polar surface area (TPSA) is 31.4 Å². The second-order valence-corrected chi connectivity index (χ2v) is 7.42. The van der Waals surface area contributed by atoms with Gasteiger partial charge in [-0.2, -0.15) is 0 Å². The summed E-state index contributed by atoms with van der Waals surface area (Å²) in [7, 11) is -0.337. The minimum absolute atomic E-state index is 0.329. The van der Waals surface area contributed by atoms with Crippen molar-refractivity contribution in [2.75, 3.05) is 0 Å². The lowest BCUT2D eigenvalue weighted by Crippen LogP contribution is -2.41. The van der Waals surface area contributed by atoms with Crippen molar-refractivity contribution in [3.05, 3.63) is 47.2 Å². The molecule has 0 bridgehead atoms. The van der Waals surface area contributed by atoms with Crippen LogP contribution in [0.3, 0.4) is 0 Å². The Morgan fingerprint density at radius 1 is 1.00 bits per heavy atom. The molecule has 0 amide bonds. The maximum absolute atomic E-state index is 6.11. The van der Waals surface area contributed by atoms with Crippen LogP contribution in [0.4, 0.5) is 0 Å². The number of nitrogens with zero attached hydrogens (tertiary/aromatic N) is 1. The molecule has 1 fully saturated rings. The van der Waals surface area contributed by atoms with Gasteiger partial charge in [0.15, 0.2) is 0 Å². The van der Waals surface area contributed by atoms with Gasteiger partial charge >= 0.3 is 7.12 Å². The molecule has 3 rings (SSSR count). The molecule has 5 heteroatoms. The number of aromatic nitrogens is 1. The van der Waals surface area contributed by atoms with Crippen molar-refractivity contribution >= 4 is 24.2 Å². The molecule has 23 heavy (non-hydrogen) atoms. The third-order valence-corrected chi connectivity index (χ3v) is 5.04. The Kier molecular flexibility index (Phi) is 4.03. The maximum atomic E-state index is 6.11. The van der Waals surface area contributed by atoms with Gasteiger partial charge in [-0.3, -0.25) is 0 Å². The van der Waals surface area contributed by atoms with Gasteiger partial charge in [0.05, 0.1) is 11.2 Å². The molecule has 0 aliphatic carbocycles. The number of benzene rings is 1. The molecule has 2 aromatic rings. The van der Waals surface area contributed by atoms with E-state index in [1.165, 1.54) is 0 Å². The molecule has 0 unspecified atom stereocenters. The molecule has 1 saturated heterocycles. The van der Waals surface area contributed by atoms with E-state index in [1.54, 1.807) is 12.3 Å². The van der Waals surface area contributed by atoms with Gasteiger partial charge in [-0.05, 0) is 63.3 Å². The first kappa shape index (κ1) is 16.5. The van der Waals surface area contributed by atoms with Crippen LogP contribution in [-0.4, -0.2) is 23.3 Å². The van der Waals surface area contributed by atoms with Crippen LogP contribution in [0.15, 0.2) is 36.5 Å². The van der Waals surface area contributed by atoms with Crippen LogP contribution in [0, 0.1) is 6.92 Å². The van der Waals surface area contributed by atoms with Gasteiger partial charge in [0.25, 0.3) is 0 Å². The highest BCUT2D eigenvalue weighted by Gasteiger charge is 2.51. The summed E-state index contributed by atoms with van der Waals surface area (Å²) in [5.41, 5.74) is 3.71. The predicted molar refractivity (Wildman–Crippen MR) is 95.1 cm³/mol.